The van der Waals surface area contributed by atoms with Crippen LogP contribution in [0.2, 0.25) is 0 Å². The number of hydrogen-bond acceptors (Lipinski definition) is 5. The lowest BCUT2D eigenvalue weighted by Crippen LogP contribution is -2.23. The van der Waals surface area contributed by atoms with E-state index in [0.717, 1.165) is 10.5 Å². The van der Waals surface area contributed by atoms with E-state index in [9.17, 15) is 14.4 Å². The Labute approximate surface area is 191 Å². The van der Waals surface area contributed by atoms with Crippen molar-refractivity contribution >= 4 is 40.9 Å². The summed E-state index contributed by atoms with van der Waals surface area (Å²) in [6, 6.07) is 23.6. The second kappa shape index (κ2) is 11.2. The lowest BCUT2D eigenvalue weighted by molar-refractivity contribution is -0.116. The summed E-state index contributed by atoms with van der Waals surface area (Å²) in [5, 5.41) is 5.26. The van der Waals surface area contributed by atoms with Gasteiger partial charge in [0.15, 0.2) is 0 Å². The summed E-state index contributed by atoms with van der Waals surface area (Å²) in [6.07, 6.45) is 0.307. The van der Waals surface area contributed by atoms with E-state index in [1.165, 1.54) is 18.9 Å². The fourth-order valence-electron chi connectivity index (χ4n) is 2.98. The monoisotopic (exact) mass is 448 g/mol. The number of esters is 1. The highest BCUT2D eigenvalue weighted by molar-refractivity contribution is 8.00. The second-order valence-corrected chi connectivity index (χ2v) is 8.44. The van der Waals surface area contributed by atoms with Crippen LogP contribution in [0, 0.1) is 0 Å². The zero-order valence-electron chi connectivity index (χ0n) is 17.8. The molecule has 0 aromatic heterocycles. The van der Waals surface area contributed by atoms with Crippen molar-refractivity contribution < 1.29 is 19.1 Å². The molecule has 2 amide bonds. The van der Waals surface area contributed by atoms with Gasteiger partial charge in [0.05, 0.1) is 30.0 Å². The van der Waals surface area contributed by atoms with Gasteiger partial charge in [-0.2, -0.15) is 0 Å². The van der Waals surface area contributed by atoms with Gasteiger partial charge in [-0.25, -0.2) is 4.79 Å². The summed E-state index contributed by atoms with van der Waals surface area (Å²) in [5.74, 6) is -0.827. The maximum atomic E-state index is 12.6. The van der Waals surface area contributed by atoms with Crippen LogP contribution in [-0.4, -0.2) is 30.1 Å². The van der Waals surface area contributed by atoms with E-state index in [1.54, 1.807) is 31.2 Å². The van der Waals surface area contributed by atoms with Crippen molar-refractivity contribution in [2.24, 2.45) is 0 Å². The van der Waals surface area contributed by atoms with E-state index in [2.05, 4.69) is 10.6 Å². The molecule has 0 aliphatic rings. The third-order valence-corrected chi connectivity index (χ3v) is 5.73. The molecule has 1 unspecified atom stereocenters. The van der Waals surface area contributed by atoms with Gasteiger partial charge in [0.2, 0.25) is 11.8 Å². The van der Waals surface area contributed by atoms with Crippen LogP contribution in [0.15, 0.2) is 83.8 Å². The summed E-state index contributed by atoms with van der Waals surface area (Å²) in [7, 11) is 1.30. The van der Waals surface area contributed by atoms with Crippen LogP contribution in [0.3, 0.4) is 0 Å². The number of amides is 2. The molecule has 7 heteroatoms. The van der Waals surface area contributed by atoms with E-state index >= 15 is 0 Å². The van der Waals surface area contributed by atoms with Gasteiger partial charge in [0.25, 0.3) is 0 Å². The number of methoxy groups -OCH3 is 1. The molecule has 0 spiro atoms. The lowest BCUT2D eigenvalue weighted by Gasteiger charge is -2.14. The number of ether oxygens (including phenoxy) is 1. The van der Waals surface area contributed by atoms with Crippen molar-refractivity contribution in [1.82, 2.24) is 0 Å². The molecule has 0 saturated heterocycles. The van der Waals surface area contributed by atoms with Crippen LogP contribution in [0.25, 0.3) is 0 Å². The molecule has 6 nitrogen and oxygen atoms in total. The zero-order chi connectivity index (χ0) is 22.9. The van der Waals surface area contributed by atoms with Gasteiger partial charge in [0.1, 0.15) is 0 Å². The van der Waals surface area contributed by atoms with Gasteiger partial charge in [0, 0.05) is 10.6 Å². The molecule has 0 heterocycles. The quantitative estimate of drug-likeness (QED) is 0.383. The number of rotatable bonds is 8. The predicted molar refractivity (Wildman–Crippen MR) is 127 cm³/mol. The minimum atomic E-state index is -0.508. The largest absolute Gasteiger partial charge is 0.465 e. The maximum absolute atomic E-state index is 12.6. The van der Waals surface area contributed by atoms with E-state index in [1.807, 2.05) is 54.6 Å². The molecule has 1 atom stereocenters. The minimum Gasteiger partial charge on any atom is -0.465 e. The fourth-order valence-corrected chi connectivity index (χ4v) is 3.84. The molecule has 0 fully saturated rings. The van der Waals surface area contributed by atoms with E-state index in [0.29, 0.717) is 23.4 Å². The highest BCUT2D eigenvalue weighted by Gasteiger charge is 2.18. The Balaban J connectivity index is 1.55. The van der Waals surface area contributed by atoms with E-state index in [4.69, 9.17) is 4.74 Å². The minimum absolute atomic E-state index is 0.0892. The Kier molecular flexibility index (Phi) is 8.05. The first-order valence-corrected chi connectivity index (χ1v) is 10.9. The van der Waals surface area contributed by atoms with Crippen LogP contribution >= 0.6 is 11.8 Å². The predicted octanol–water partition coefficient (Wildman–Crippen LogP) is 4.77. The molecule has 0 bridgehead atoms. The summed E-state index contributed by atoms with van der Waals surface area (Å²) in [6.45, 7) is 1.79. The average Bonchev–Trinajstić information content (AvgIpc) is 2.80. The van der Waals surface area contributed by atoms with Gasteiger partial charge in [-0.3, -0.25) is 9.59 Å². The van der Waals surface area contributed by atoms with Crippen molar-refractivity contribution in [2.45, 2.75) is 23.5 Å². The third-order valence-electron chi connectivity index (χ3n) is 4.62. The summed E-state index contributed by atoms with van der Waals surface area (Å²) in [5.41, 5.74) is 2.36. The Morgan fingerprint density at radius 2 is 1.53 bits per heavy atom. The first-order chi connectivity index (χ1) is 15.5. The van der Waals surface area contributed by atoms with Gasteiger partial charge in [-0.1, -0.05) is 42.5 Å². The highest BCUT2D eigenvalue weighted by Crippen LogP contribution is 2.26. The molecule has 0 saturated carbocycles. The maximum Gasteiger partial charge on any atom is 0.339 e. The summed E-state index contributed by atoms with van der Waals surface area (Å²) >= 11 is 1.38. The van der Waals surface area contributed by atoms with Crippen molar-refractivity contribution in [3.05, 3.63) is 90.0 Å². The molecule has 0 radical (unpaired) electrons. The van der Waals surface area contributed by atoms with E-state index < -0.39 is 11.2 Å². The topological polar surface area (TPSA) is 84.5 Å². The smallest absolute Gasteiger partial charge is 0.339 e. The van der Waals surface area contributed by atoms with Crippen molar-refractivity contribution in [3.8, 4) is 0 Å². The number of anilines is 2. The molecular weight excluding hydrogens is 424 g/mol. The number of carbonyl (C=O) groups is 3. The standard InChI is InChI=1S/C25H24N2O4S/c1-17(24(29)27-22-11-7-6-10-21(22)25(30)31-2)32-20-14-12-19(13-15-20)26-23(28)16-18-8-4-3-5-9-18/h3-15,17H,16H2,1-2H3,(H,26,28)(H,27,29). The van der Waals surface area contributed by atoms with Crippen LogP contribution < -0.4 is 10.6 Å². The van der Waals surface area contributed by atoms with Gasteiger partial charge < -0.3 is 15.4 Å². The first-order valence-electron chi connectivity index (χ1n) is 10.0. The van der Waals surface area contributed by atoms with Crippen LogP contribution in [-0.2, 0) is 20.7 Å². The Morgan fingerprint density at radius 1 is 0.875 bits per heavy atom. The van der Waals surface area contributed by atoms with Crippen molar-refractivity contribution in [3.63, 3.8) is 0 Å². The van der Waals surface area contributed by atoms with Crippen LogP contribution in [0.1, 0.15) is 22.8 Å². The Hall–Kier alpha value is -3.58. The third kappa shape index (κ3) is 6.46. The zero-order valence-corrected chi connectivity index (χ0v) is 18.6. The molecule has 0 aliphatic carbocycles. The SMILES string of the molecule is COC(=O)c1ccccc1NC(=O)C(C)Sc1ccc(NC(=O)Cc2ccccc2)cc1. The Bertz CT molecular complexity index is 1080. The molecule has 2 N–H and O–H groups in total. The van der Waals surface area contributed by atoms with E-state index in [-0.39, 0.29) is 11.8 Å². The lowest BCUT2D eigenvalue weighted by atomic mass is 10.1. The van der Waals surface area contributed by atoms with Crippen LogP contribution in [0.5, 0.6) is 0 Å². The molecule has 3 aromatic carbocycles. The molecular formula is C25H24N2O4S. The van der Waals surface area contributed by atoms with Gasteiger partial charge in [-0.05, 0) is 48.9 Å². The first kappa shape index (κ1) is 23.1. The summed E-state index contributed by atoms with van der Waals surface area (Å²) in [4.78, 5) is 37.6. The number of benzene rings is 3. The van der Waals surface area contributed by atoms with Crippen molar-refractivity contribution in [2.75, 3.05) is 17.7 Å². The number of thioether (sulfide) groups is 1. The molecule has 32 heavy (non-hydrogen) atoms. The molecule has 164 valence electrons. The highest BCUT2D eigenvalue weighted by atomic mass is 32.2. The van der Waals surface area contributed by atoms with Gasteiger partial charge >= 0.3 is 5.97 Å². The average molecular weight is 449 g/mol. The fraction of sp³-hybridized carbons (Fsp3) is 0.160. The number of carbonyl (C=O) groups excluding carboxylic acids is 3. The second-order valence-electron chi connectivity index (χ2n) is 7.02. The number of hydrogen-bond donors (Lipinski definition) is 2. The van der Waals surface area contributed by atoms with Crippen LogP contribution in [0.4, 0.5) is 11.4 Å². The molecule has 3 rings (SSSR count). The van der Waals surface area contributed by atoms with Crippen molar-refractivity contribution in [1.29, 1.82) is 0 Å². The molecule has 3 aromatic rings. The van der Waals surface area contributed by atoms with Gasteiger partial charge in [-0.15, -0.1) is 11.8 Å². The molecule has 0 aliphatic heterocycles. The number of nitrogens with one attached hydrogen (secondary N) is 2. The number of para-hydroxylation sites is 1. The summed E-state index contributed by atoms with van der Waals surface area (Å²) < 4.78 is 4.76. The normalized spacial score (nSPS) is 11.3. The Morgan fingerprint density at radius 3 is 2.22 bits per heavy atom.